The molecule has 1 saturated carbocycles. The van der Waals surface area contributed by atoms with E-state index in [9.17, 15) is 0 Å². The van der Waals surface area contributed by atoms with Crippen LogP contribution in [0.15, 0.2) is 24.3 Å². The van der Waals surface area contributed by atoms with Gasteiger partial charge in [-0.05, 0) is 59.6 Å². The molecule has 164 valence electrons. The summed E-state index contributed by atoms with van der Waals surface area (Å²) in [6.45, 7) is 4.63. The Morgan fingerprint density at radius 3 is 1.90 bits per heavy atom. The second kappa shape index (κ2) is 13.4. The average molecular weight is 433 g/mol. The first kappa shape index (κ1) is 23.6. The van der Waals surface area contributed by atoms with Crippen molar-refractivity contribution < 1.29 is 0 Å². The van der Waals surface area contributed by atoms with E-state index in [1.54, 1.807) is 11.1 Å². The van der Waals surface area contributed by atoms with E-state index in [1.807, 2.05) is 0 Å². The quantitative estimate of drug-likeness (QED) is 0.319. The molecule has 0 N–H and O–H groups in total. The van der Waals surface area contributed by atoms with Crippen molar-refractivity contribution in [2.45, 2.75) is 102 Å². The summed E-state index contributed by atoms with van der Waals surface area (Å²) in [5, 5.41) is 0. The van der Waals surface area contributed by atoms with Gasteiger partial charge in [0, 0.05) is 0 Å². The van der Waals surface area contributed by atoms with Crippen LogP contribution in [0.1, 0.15) is 107 Å². The molecule has 1 aliphatic carbocycles. The van der Waals surface area contributed by atoms with Crippen LogP contribution in [-0.4, -0.2) is 11.5 Å². The predicted octanol–water partition coefficient (Wildman–Crippen LogP) is 9.29. The molecule has 0 radical (unpaired) electrons. The number of benzene rings is 1. The maximum atomic E-state index is 2.43. The lowest BCUT2D eigenvalue weighted by Crippen LogP contribution is -2.15. The van der Waals surface area contributed by atoms with Crippen molar-refractivity contribution in [3.05, 3.63) is 35.4 Å². The Morgan fingerprint density at radius 1 is 0.690 bits per heavy atom. The van der Waals surface area contributed by atoms with Crippen LogP contribution in [-0.2, 0) is 6.42 Å². The van der Waals surface area contributed by atoms with Gasteiger partial charge in [-0.1, -0.05) is 102 Å². The minimum atomic E-state index is 0.671. The van der Waals surface area contributed by atoms with Crippen LogP contribution in [0.5, 0.6) is 0 Å². The average Bonchev–Trinajstić information content (AvgIpc) is 2.78. The van der Waals surface area contributed by atoms with Crippen molar-refractivity contribution in [1.29, 1.82) is 0 Å². The molecule has 2 fully saturated rings. The van der Waals surface area contributed by atoms with E-state index >= 15 is 0 Å². The summed E-state index contributed by atoms with van der Waals surface area (Å²) in [6, 6.07) is 9.71. The Balaban J connectivity index is 1.34. The molecule has 1 heterocycles. The SMILES string of the molecule is CCCCCC1CCC(CCc2ccc(C3SCC(CCCC)CS3)cc2)CC1. The van der Waals surface area contributed by atoms with Crippen LogP contribution >= 0.6 is 23.5 Å². The van der Waals surface area contributed by atoms with Crippen LogP contribution in [0.4, 0.5) is 0 Å². The zero-order valence-electron chi connectivity index (χ0n) is 19.0. The number of rotatable bonds is 11. The molecule has 0 nitrogen and oxygen atoms in total. The lowest BCUT2D eigenvalue weighted by atomic mass is 9.78. The second-order valence-electron chi connectivity index (χ2n) is 9.67. The molecular formula is C27H44S2. The predicted molar refractivity (Wildman–Crippen MR) is 135 cm³/mol. The summed E-state index contributed by atoms with van der Waals surface area (Å²) in [5.74, 6) is 5.70. The van der Waals surface area contributed by atoms with E-state index in [-0.39, 0.29) is 0 Å². The van der Waals surface area contributed by atoms with Crippen LogP contribution in [0.2, 0.25) is 0 Å². The Hall–Kier alpha value is -0.0800. The van der Waals surface area contributed by atoms with Crippen LogP contribution in [0.25, 0.3) is 0 Å². The highest BCUT2D eigenvalue weighted by Crippen LogP contribution is 2.46. The molecule has 0 amide bonds. The molecule has 2 aliphatic rings. The fourth-order valence-electron chi connectivity index (χ4n) is 5.10. The Labute approximate surface area is 189 Å². The number of hydrogen-bond acceptors (Lipinski definition) is 2. The standard InChI is InChI=1S/C27H44S2/c1-3-5-7-9-22-10-12-23(13-11-22)14-15-24-16-18-26(19-17-24)27-28-20-25(21-29-27)8-6-4-2/h16-19,22-23,25,27H,3-15,20-21H2,1-2H3. The van der Waals surface area contributed by atoms with Gasteiger partial charge in [-0.2, -0.15) is 0 Å². The van der Waals surface area contributed by atoms with Crippen molar-refractivity contribution in [2.24, 2.45) is 17.8 Å². The number of unbranched alkanes of at least 4 members (excludes halogenated alkanes) is 3. The van der Waals surface area contributed by atoms with Gasteiger partial charge in [-0.3, -0.25) is 0 Å². The lowest BCUT2D eigenvalue weighted by Gasteiger charge is -2.29. The van der Waals surface area contributed by atoms with Gasteiger partial charge in [0.25, 0.3) is 0 Å². The molecule has 0 unspecified atom stereocenters. The number of hydrogen-bond donors (Lipinski definition) is 0. The Bertz CT molecular complexity index is 536. The molecule has 0 atom stereocenters. The van der Waals surface area contributed by atoms with E-state index in [4.69, 9.17) is 0 Å². The third-order valence-corrected chi connectivity index (χ3v) is 10.5. The highest BCUT2D eigenvalue weighted by molar-refractivity contribution is 8.16. The van der Waals surface area contributed by atoms with E-state index in [1.165, 1.54) is 95.0 Å². The van der Waals surface area contributed by atoms with Crippen molar-refractivity contribution in [2.75, 3.05) is 11.5 Å². The van der Waals surface area contributed by atoms with Gasteiger partial charge >= 0.3 is 0 Å². The van der Waals surface area contributed by atoms with E-state index < -0.39 is 0 Å². The summed E-state index contributed by atoms with van der Waals surface area (Å²) in [6.07, 6.45) is 18.6. The summed E-state index contributed by atoms with van der Waals surface area (Å²) in [5.41, 5.74) is 3.11. The molecule has 2 heteroatoms. The number of thioether (sulfide) groups is 2. The normalized spacial score (nSPS) is 27.8. The lowest BCUT2D eigenvalue weighted by molar-refractivity contribution is 0.249. The topological polar surface area (TPSA) is 0 Å². The maximum absolute atomic E-state index is 2.43. The minimum Gasteiger partial charge on any atom is -0.142 e. The van der Waals surface area contributed by atoms with E-state index in [2.05, 4.69) is 61.6 Å². The summed E-state index contributed by atoms with van der Waals surface area (Å²) in [4.78, 5) is 0. The smallest absolute Gasteiger partial charge is 0.0751 e. The summed E-state index contributed by atoms with van der Waals surface area (Å²) in [7, 11) is 0. The molecular weight excluding hydrogens is 388 g/mol. The maximum Gasteiger partial charge on any atom is 0.0751 e. The van der Waals surface area contributed by atoms with Gasteiger partial charge in [0.1, 0.15) is 0 Å². The highest BCUT2D eigenvalue weighted by atomic mass is 32.2. The van der Waals surface area contributed by atoms with Crippen molar-refractivity contribution in [3.63, 3.8) is 0 Å². The fourth-order valence-corrected chi connectivity index (χ4v) is 8.27. The van der Waals surface area contributed by atoms with Crippen LogP contribution in [0.3, 0.4) is 0 Å². The van der Waals surface area contributed by atoms with E-state index in [0.717, 1.165) is 17.8 Å². The van der Waals surface area contributed by atoms with Crippen molar-refractivity contribution >= 4 is 23.5 Å². The molecule has 29 heavy (non-hydrogen) atoms. The van der Waals surface area contributed by atoms with Crippen LogP contribution < -0.4 is 0 Å². The first-order valence-corrected chi connectivity index (χ1v) is 14.7. The molecule has 0 aromatic heterocycles. The molecule has 1 aliphatic heterocycles. The molecule has 0 spiro atoms. The largest absolute Gasteiger partial charge is 0.142 e. The van der Waals surface area contributed by atoms with Gasteiger partial charge in [-0.15, -0.1) is 23.5 Å². The van der Waals surface area contributed by atoms with Gasteiger partial charge in [0.15, 0.2) is 0 Å². The van der Waals surface area contributed by atoms with Crippen LogP contribution in [0, 0.1) is 17.8 Å². The monoisotopic (exact) mass is 432 g/mol. The second-order valence-corrected chi connectivity index (χ2v) is 12.2. The molecule has 0 bridgehead atoms. The third kappa shape index (κ3) is 8.17. The zero-order chi connectivity index (χ0) is 20.3. The van der Waals surface area contributed by atoms with Crippen molar-refractivity contribution in [3.8, 4) is 0 Å². The first-order chi connectivity index (χ1) is 14.3. The van der Waals surface area contributed by atoms with Gasteiger partial charge < -0.3 is 0 Å². The Morgan fingerprint density at radius 2 is 1.28 bits per heavy atom. The summed E-state index contributed by atoms with van der Waals surface area (Å²) < 4.78 is 0.671. The van der Waals surface area contributed by atoms with E-state index in [0.29, 0.717) is 4.58 Å². The van der Waals surface area contributed by atoms with Gasteiger partial charge in [-0.25, -0.2) is 0 Å². The zero-order valence-corrected chi connectivity index (χ0v) is 20.7. The number of aryl methyl sites for hydroxylation is 1. The Kier molecular flexibility index (Phi) is 10.9. The first-order valence-electron chi connectivity index (χ1n) is 12.6. The van der Waals surface area contributed by atoms with Crippen molar-refractivity contribution in [1.82, 2.24) is 0 Å². The molecule has 1 aromatic carbocycles. The molecule has 1 saturated heterocycles. The molecule has 1 aromatic rings. The molecule has 3 rings (SSSR count). The minimum absolute atomic E-state index is 0.671. The third-order valence-electron chi connectivity index (χ3n) is 7.21. The van der Waals surface area contributed by atoms with Gasteiger partial charge in [0.05, 0.1) is 4.58 Å². The highest BCUT2D eigenvalue weighted by Gasteiger charge is 2.23. The summed E-state index contributed by atoms with van der Waals surface area (Å²) >= 11 is 4.37. The van der Waals surface area contributed by atoms with Gasteiger partial charge in [0.2, 0.25) is 0 Å². The fraction of sp³-hybridized carbons (Fsp3) is 0.778.